The number of hydrogen-bond acceptors (Lipinski definition) is 5. The van der Waals surface area contributed by atoms with Crippen LogP contribution >= 0.6 is 11.3 Å². The summed E-state index contributed by atoms with van der Waals surface area (Å²) in [6.45, 7) is 3.26. The van der Waals surface area contributed by atoms with Crippen molar-refractivity contribution in [1.29, 1.82) is 0 Å². The maximum absolute atomic E-state index is 11.2. The lowest BCUT2D eigenvalue weighted by Crippen LogP contribution is -2.21. The quantitative estimate of drug-likeness (QED) is 0.830. The van der Waals surface area contributed by atoms with Crippen molar-refractivity contribution in [3.8, 4) is 10.4 Å². The summed E-state index contributed by atoms with van der Waals surface area (Å²) in [5.74, 6) is 0.913. The zero-order valence-electron chi connectivity index (χ0n) is 10.1. The molecule has 0 aromatic carbocycles. The average molecular weight is 259 g/mol. The minimum absolute atomic E-state index is 0.261. The zero-order chi connectivity index (χ0) is 12.5. The molecule has 0 amide bonds. The van der Waals surface area contributed by atoms with Gasteiger partial charge in [0.25, 0.3) is 0 Å². The fourth-order valence-electron chi connectivity index (χ4n) is 2.07. The summed E-state index contributed by atoms with van der Waals surface area (Å²) in [5, 5.41) is 2.07. The van der Waals surface area contributed by atoms with Gasteiger partial charge in [0.1, 0.15) is 0 Å². The third kappa shape index (κ3) is 2.01. The second-order valence-electron chi connectivity index (χ2n) is 4.41. The molecule has 0 unspecified atom stereocenters. The van der Waals surface area contributed by atoms with Gasteiger partial charge in [0.15, 0.2) is 5.78 Å². The summed E-state index contributed by atoms with van der Waals surface area (Å²) < 4.78 is 0. The smallest absolute Gasteiger partial charge is 0.225 e. The van der Waals surface area contributed by atoms with E-state index in [0.29, 0.717) is 18.9 Å². The van der Waals surface area contributed by atoms with Crippen LogP contribution in [0, 0.1) is 6.92 Å². The van der Waals surface area contributed by atoms with E-state index >= 15 is 0 Å². The Bertz CT molecular complexity index is 576. The van der Waals surface area contributed by atoms with Gasteiger partial charge in [-0.05, 0) is 23.9 Å². The predicted octanol–water partition coefficient (Wildman–Crippen LogP) is 2.29. The van der Waals surface area contributed by atoms with Crippen LogP contribution < -0.4 is 4.90 Å². The summed E-state index contributed by atoms with van der Waals surface area (Å²) in [6.07, 6.45) is 4.28. The molecule has 3 rings (SSSR count). The van der Waals surface area contributed by atoms with E-state index in [1.807, 2.05) is 17.3 Å². The van der Waals surface area contributed by atoms with Gasteiger partial charge in [0.2, 0.25) is 5.95 Å². The van der Waals surface area contributed by atoms with Crippen molar-refractivity contribution in [2.75, 3.05) is 18.0 Å². The highest BCUT2D eigenvalue weighted by Gasteiger charge is 2.21. The number of thiophene rings is 1. The van der Waals surface area contributed by atoms with E-state index in [-0.39, 0.29) is 5.78 Å². The molecule has 4 nitrogen and oxygen atoms in total. The van der Waals surface area contributed by atoms with Crippen molar-refractivity contribution in [2.45, 2.75) is 13.3 Å². The van der Waals surface area contributed by atoms with Gasteiger partial charge in [0.05, 0.1) is 6.54 Å². The van der Waals surface area contributed by atoms with E-state index in [0.717, 1.165) is 12.1 Å². The molecule has 0 N–H and O–H groups in total. The molecule has 0 saturated carbocycles. The summed E-state index contributed by atoms with van der Waals surface area (Å²) in [6, 6.07) is 2.09. The monoisotopic (exact) mass is 259 g/mol. The lowest BCUT2D eigenvalue weighted by atomic mass is 10.2. The number of carbonyl (C=O) groups excluding carboxylic acids is 1. The van der Waals surface area contributed by atoms with Crippen LogP contribution in [0.15, 0.2) is 23.8 Å². The van der Waals surface area contributed by atoms with Crippen LogP contribution in [0.5, 0.6) is 0 Å². The Balaban J connectivity index is 1.85. The lowest BCUT2D eigenvalue weighted by Gasteiger charge is -2.13. The van der Waals surface area contributed by atoms with Crippen molar-refractivity contribution in [3.05, 3.63) is 29.4 Å². The summed E-state index contributed by atoms with van der Waals surface area (Å²) in [4.78, 5) is 23.1. The summed E-state index contributed by atoms with van der Waals surface area (Å²) >= 11 is 1.69. The first-order valence-corrected chi connectivity index (χ1v) is 6.75. The summed E-state index contributed by atoms with van der Waals surface area (Å²) in [5.41, 5.74) is 2.28. The van der Waals surface area contributed by atoms with Crippen LogP contribution in [0.4, 0.5) is 5.95 Å². The van der Waals surface area contributed by atoms with Crippen molar-refractivity contribution in [2.24, 2.45) is 0 Å². The van der Waals surface area contributed by atoms with Crippen LogP contribution in [0.2, 0.25) is 0 Å². The van der Waals surface area contributed by atoms with E-state index in [9.17, 15) is 4.79 Å². The fraction of sp³-hybridized carbons (Fsp3) is 0.308. The van der Waals surface area contributed by atoms with Crippen molar-refractivity contribution < 1.29 is 4.79 Å². The first-order chi connectivity index (χ1) is 8.74. The molecule has 2 aromatic heterocycles. The van der Waals surface area contributed by atoms with E-state index in [1.54, 1.807) is 11.3 Å². The molecular weight excluding hydrogens is 246 g/mol. The molecule has 1 aliphatic heterocycles. The topological polar surface area (TPSA) is 46.1 Å². The molecular formula is C13H13N3OS. The highest BCUT2D eigenvalue weighted by molar-refractivity contribution is 7.13. The Labute approximate surface area is 109 Å². The van der Waals surface area contributed by atoms with Crippen molar-refractivity contribution in [1.82, 2.24) is 9.97 Å². The molecule has 1 fully saturated rings. The SMILES string of the molecule is Cc1ccsc1-c1cnc(N2CCC(=O)C2)nc1. The normalized spacial score (nSPS) is 15.4. The molecule has 1 aliphatic rings. The predicted molar refractivity (Wildman–Crippen MR) is 71.9 cm³/mol. The largest absolute Gasteiger partial charge is 0.333 e. The van der Waals surface area contributed by atoms with Crippen LogP contribution in [0.1, 0.15) is 12.0 Å². The van der Waals surface area contributed by atoms with E-state index in [1.165, 1.54) is 10.4 Å². The van der Waals surface area contributed by atoms with Crippen molar-refractivity contribution >= 4 is 23.1 Å². The molecule has 92 valence electrons. The highest BCUT2D eigenvalue weighted by atomic mass is 32.1. The third-order valence-corrected chi connectivity index (χ3v) is 4.14. The number of hydrogen-bond donors (Lipinski definition) is 0. The van der Waals surface area contributed by atoms with Gasteiger partial charge in [0, 0.05) is 35.8 Å². The van der Waals surface area contributed by atoms with E-state index in [2.05, 4.69) is 28.3 Å². The van der Waals surface area contributed by atoms with Gasteiger partial charge < -0.3 is 4.90 Å². The van der Waals surface area contributed by atoms with Crippen molar-refractivity contribution in [3.63, 3.8) is 0 Å². The second kappa shape index (κ2) is 4.49. The first-order valence-electron chi connectivity index (χ1n) is 5.87. The number of aromatic nitrogens is 2. The second-order valence-corrected chi connectivity index (χ2v) is 5.33. The maximum atomic E-state index is 11.2. The Morgan fingerprint density at radius 1 is 1.33 bits per heavy atom. The van der Waals surface area contributed by atoms with Gasteiger partial charge >= 0.3 is 0 Å². The van der Waals surface area contributed by atoms with Gasteiger partial charge in [-0.2, -0.15) is 0 Å². The molecule has 18 heavy (non-hydrogen) atoms. The molecule has 0 spiro atoms. The Kier molecular flexibility index (Phi) is 2.83. The van der Waals surface area contributed by atoms with Gasteiger partial charge in [-0.1, -0.05) is 0 Å². The highest BCUT2D eigenvalue weighted by Crippen LogP contribution is 2.28. The van der Waals surface area contributed by atoms with Crippen LogP contribution in [0.25, 0.3) is 10.4 Å². The lowest BCUT2D eigenvalue weighted by molar-refractivity contribution is -0.116. The molecule has 0 radical (unpaired) electrons. The standard InChI is InChI=1S/C13H13N3OS/c1-9-3-5-18-12(9)10-6-14-13(15-7-10)16-4-2-11(17)8-16/h3,5-7H,2,4,8H2,1H3. The van der Waals surface area contributed by atoms with Crippen LogP contribution in [-0.2, 0) is 4.79 Å². The van der Waals surface area contributed by atoms with Gasteiger partial charge in [-0.25, -0.2) is 9.97 Å². The summed E-state index contributed by atoms with van der Waals surface area (Å²) in [7, 11) is 0. The third-order valence-electron chi connectivity index (χ3n) is 3.07. The number of ketones is 1. The van der Waals surface area contributed by atoms with Gasteiger partial charge in [-0.15, -0.1) is 11.3 Å². The minimum Gasteiger partial charge on any atom is -0.333 e. The van der Waals surface area contributed by atoms with E-state index in [4.69, 9.17) is 0 Å². The molecule has 1 saturated heterocycles. The molecule has 0 aliphatic carbocycles. The number of aryl methyl sites for hydroxylation is 1. The number of anilines is 1. The zero-order valence-corrected chi connectivity index (χ0v) is 10.9. The molecule has 0 bridgehead atoms. The average Bonchev–Trinajstić information content (AvgIpc) is 2.98. The molecule has 0 atom stereocenters. The Morgan fingerprint density at radius 3 is 2.67 bits per heavy atom. The van der Waals surface area contributed by atoms with E-state index < -0.39 is 0 Å². The minimum atomic E-state index is 0.261. The number of nitrogens with zero attached hydrogens (tertiary/aromatic N) is 3. The van der Waals surface area contributed by atoms with Gasteiger partial charge in [-0.3, -0.25) is 4.79 Å². The first kappa shape index (κ1) is 11.3. The number of carbonyl (C=O) groups is 1. The maximum Gasteiger partial charge on any atom is 0.225 e. The number of rotatable bonds is 2. The Hall–Kier alpha value is -1.75. The van der Waals surface area contributed by atoms with Crippen LogP contribution in [-0.4, -0.2) is 28.8 Å². The number of Topliss-reactive ketones (excluding diaryl/α,β-unsaturated/α-hetero) is 1. The fourth-order valence-corrected chi connectivity index (χ4v) is 2.98. The van der Waals surface area contributed by atoms with Crippen LogP contribution in [0.3, 0.4) is 0 Å². The molecule has 5 heteroatoms. The molecule has 2 aromatic rings. The molecule has 3 heterocycles. The Morgan fingerprint density at radius 2 is 2.11 bits per heavy atom.